The number of rotatable bonds is 4. The summed E-state index contributed by atoms with van der Waals surface area (Å²) in [4.78, 5) is 22.8. The molecule has 2 saturated heterocycles. The normalized spacial score (nSPS) is 23.7. The summed E-state index contributed by atoms with van der Waals surface area (Å²) in [6, 6.07) is 0.108. The van der Waals surface area contributed by atoms with E-state index in [-0.39, 0.29) is 6.04 Å². The maximum atomic E-state index is 12.7. The third kappa shape index (κ3) is 3.44. The van der Waals surface area contributed by atoms with Gasteiger partial charge in [-0.05, 0) is 32.7 Å². The average Bonchev–Trinajstić information content (AvgIpc) is 3.14. The molecule has 0 radical (unpaired) electrons. The number of carbonyl (C=O) groups is 1. The maximum absolute atomic E-state index is 12.7. The summed E-state index contributed by atoms with van der Waals surface area (Å²) in [7, 11) is 0. The van der Waals surface area contributed by atoms with E-state index in [0.717, 1.165) is 64.2 Å². The van der Waals surface area contributed by atoms with E-state index in [4.69, 9.17) is 0 Å². The van der Waals surface area contributed by atoms with Crippen molar-refractivity contribution in [1.29, 1.82) is 0 Å². The van der Waals surface area contributed by atoms with E-state index in [1.807, 2.05) is 10.4 Å². The highest BCUT2D eigenvalue weighted by Crippen LogP contribution is 2.21. The van der Waals surface area contributed by atoms with Gasteiger partial charge in [0.15, 0.2) is 0 Å². The Balaban J connectivity index is 1.57. The quantitative estimate of drug-likeness (QED) is 0.897. The van der Waals surface area contributed by atoms with Crippen molar-refractivity contribution in [2.24, 2.45) is 0 Å². The number of aryl methyl sites for hydroxylation is 1. The summed E-state index contributed by atoms with van der Waals surface area (Å²) < 4.78 is 0. The molecule has 21 heavy (non-hydrogen) atoms. The minimum Gasteiger partial charge on any atom is -0.339 e. The van der Waals surface area contributed by atoms with Gasteiger partial charge in [-0.2, -0.15) is 0 Å². The molecular weight excluding hydrogens is 284 g/mol. The zero-order chi connectivity index (χ0) is 14.7. The molecule has 116 valence electrons. The highest BCUT2D eigenvalue weighted by molar-refractivity contribution is 7.09. The number of hydrogen-bond acceptors (Lipinski definition) is 5. The molecule has 1 aromatic heterocycles. The number of thiazole rings is 1. The predicted octanol–water partition coefficient (Wildman–Crippen LogP) is 0.890. The van der Waals surface area contributed by atoms with Gasteiger partial charge < -0.3 is 10.2 Å². The molecule has 3 heterocycles. The van der Waals surface area contributed by atoms with E-state index in [1.165, 1.54) is 4.88 Å². The fourth-order valence-corrected chi connectivity index (χ4v) is 4.05. The number of likely N-dealkylation sites (tertiary alicyclic amines) is 1. The molecule has 1 N–H and O–H groups in total. The first-order chi connectivity index (χ1) is 10.3. The minimum absolute atomic E-state index is 0.108. The first-order valence-corrected chi connectivity index (χ1v) is 8.76. The molecule has 0 spiro atoms. The van der Waals surface area contributed by atoms with Crippen LogP contribution < -0.4 is 5.32 Å². The van der Waals surface area contributed by atoms with E-state index in [1.54, 1.807) is 11.3 Å². The molecule has 1 unspecified atom stereocenters. The van der Waals surface area contributed by atoms with Crippen LogP contribution in [-0.4, -0.2) is 66.0 Å². The average molecular weight is 308 g/mol. The second-order valence-corrected chi connectivity index (χ2v) is 6.82. The van der Waals surface area contributed by atoms with Gasteiger partial charge in [-0.25, -0.2) is 4.98 Å². The molecule has 2 aliphatic rings. The van der Waals surface area contributed by atoms with Gasteiger partial charge >= 0.3 is 0 Å². The Morgan fingerprint density at radius 1 is 1.43 bits per heavy atom. The number of nitrogens with zero attached hydrogens (tertiary/aromatic N) is 3. The van der Waals surface area contributed by atoms with Crippen molar-refractivity contribution >= 4 is 17.2 Å². The number of piperazine rings is 1. The van der Waals surface area contributed by atoms with Crippen LogP contribution in [0.2, 0.25) is 0 Å². The van der Waals surface area contributed by atoms with Gasteiger partial charge in [-0.1, -0.05) is 0 Å². The second kappa shape index (κ2) is 6.85. The first kappa shape index (κ1) is 14.9. The lowest BCUT2D eigenvalue weighted by Crippen LogP contribution is -2.52. The predicted molar refractivity (Wildman–Crippen MR) is 84.6 cm³/mol. The van der Waals surface area contributed by atoms with E-state index < -0.39 is 0 Å². The maximum Gasteiger partial charge on any atom is 0.240 e. The molecule has 0 bridgehead atoms. The van der Waals surface area contributed by atoms with Gasteiger partial charge in [-0.15, -0.1) is 11.3 Å². The Morgan fingerprint density at radius 2 is 2.24 bits per heavy atom. The highest BCUT2D eigenvalue weighted by Gasteiger charge is 2.33. The summed E-state index contributed by atoms with van der Waals surface area (Å²) in [6.45, 7) is 7.68. The number of carbonyl (C=O) groups excluding carboxylic acids is 1. The minimum atomic E-state index is 0.108. The van der Waals surface area contributed by atoms with Crippen LogP contribution in [0.25, 0.3) is 0 Å². The van der Waals surface area contributed by atoms with E-state index in [2.05, 4.69) is 22.1 Å². The van der Waals surface area contributed by atoms with Crippen LogP contribution in [0.3, 0.4) is 0 Å². The second-order valence-electron chi connectivity index (χ2n) is 5.88. The van der Waals surface area contributed by atoms with Gasteiger partial charge in [-0.3, -0.25) is 9.69 Å². The summed E-state index contributed by atoms with van der Waals surface area (Å²) in [5, 5.41) is 3.31. The fourth-order valence-electron chi connectivity index (χ4n) is 3.28. The zero-order valence-electron chi connectivity index (χ0n) is 12.7. The Kier molecular flexibility index (Phi) is 4.87. The van der Waals surface area contributed by atoms with Gasteiger partial charge in [0.25, 0.3) is 0 Å². The third-order valence-electron chi connectivity index (χ3n) is 4.55. The van der Waals surface area contributed by atoms with Crippen molar-refractivity contribution in [3.8, 4) is 0 Å². The van der Waals surface area contributed by atoms with Gasteiger partial charge in [0.2, 0.25) is 5.91 Å². The van der Waals surface area contributed by atoms with E-state index >= 15 is 0 Å². The molecule has 3 rings (SSSR count). The van der Waals surface area contributed by atoms with Crippen molar-refractivity contribution in [3.05, 3.63) is 16.1 Å². The fraction of sp³-hybridized carbons (Fsp3) is 0.733. The lowest BCUT2D eigenvalue weighted by atomic mass is 10.1. The molecule has 1 aromatic rings. The number of amides is 1. The standard InChI is InChI=1S/C15H24N4OS/c1-12-14(21-11-17-12)4-8-18-7-2-3-13(18)15(20)19-9-5-16-6-10-19/h11,13,16H,2-10H2,1H3. The third-order valence-corrected chi connectivity index (χ3v) is 5.54. The van der Waals surface area contributed by atoms with E-state index in [0.29, 0.717) is 5.91 Å². The molecule has 0 saturated carbocycles. The Bertz CT molecular complexity index is 484. The molecule has 6 heteroatoms. The topological polar surface area (TPSA) is 48.5 Å². The number of aromatic nitrogens is 1. The summed E-state index contributed by atoms with van der Waals surface area (Å²) in [5.74, 6) is 0.343. The summed E-state index contributed by atoms with van der Waals surface area (Å²) in [5.41, 5.74) is 3.06. The van der Waals surface area contributed by atoms with Crippen LogP contribution in [0.1, 0.15) is 23.4 Å². The van der Waals surface area contributed by atoms with Crippen molar-refractivity contribution in [2.45, 2.75) is 32.2 Å². The van der Waals surface area contributed by atoms with Gasteiger partial charge in [0.05, 0.1) is 17.2 Å². The molecule has 5 nitrogen and oxygen atoms in total. The smallest absolute Gasteiger partial charge is 0.240 e. The molecule has 1 amide bonds. The van der Waals surface area contributed by atoms with Crippen molar-refractivity contribution in [2.75, 3.05) is 39.3 Å². The van der Waals surface area contributed by atoms with Crippen LogP contribution >= 0.6 is 11.3 Å². The Hall–Kier alpha value is -0.980. The monoisotopic (exact) mass is 308 g/mol. The van der Waals surface area contributed by atoms with Crippen molar-refractivity contribution in [3.63, 3.8) is 0 Å². The van der Waals surface area contributed by atoms with Crippen molar-refractivity contribution < 1.29 is 4.79 Å². The van der Waals surface area contributed by atoms with E-state index in [9.17, 15) is 4.79 Å². The van der Waals surface area contributed by atoms with Gasteiger partial charge in [0, 0.05) is 37.6 Å². The largest absolute Gasteiger partial charge is 0.339 e. The molecule has 2 aliphatic heterocycles. The summed E-state index contributed by atoms with van der Waals surface area (Å²) >= 11 is 1.73. The zero-order valence-corrected chi connectivity index (χ0v) is 13.5. The first-order valence-electron chi connectivity index (χ1n) is 7.88. The Labute approximate surface area is 130 Å². The lowest BCUT2D eigenvalue weighted by molar-refractivity contribution is -0.136. The lowest BCUT2D eigenvalue weighted by Gasteiger charge is -2.33. The summed E-state index contributed by atoms with van der Waals surface area (Å²) in [6.07, 6.45) is 3.18. The van der Waals surface area contributed by atoms with Crippen LogP contribution in [0.5, 0.6) is 0 Å². The van der Waals surface area contributed by atoms with Gasteiger partial charge in [0.1, 0.15) is 0 Å². The molecular formula is C15H24N4OS. The van der Waals surface area contributed by atoms with Crippen molar-refractivity contribution in [1.82, 2.24) is 20.1 Å². The Morgan fingerprint density at radius 3 is 2.95 bits per heavy atom. The molecule has 0 aliphatic carbocycles. The number of nitrogens with one attached hydrogen (secondary N) is 1. The number of hydrogen-bond donors (Lipinski definition) is 1. The molecule has 0 aromatic carbocycles. The molecule has 1 atom stereocenters. The van der Waals surface area contributed by atoms with Crippen LogP contribution in [0, 0.1) is 6.92 Å². The van der Waals surface area contributed by atoms with Crippen LogP contribution in [0.4, 0.5) is 0 Å². The SMILES string of the molecule is Cc1ncsc1CCN1CCCC1C(=O)N1CCNCC1. The van der Waals surface area contributed by atoms with Crippen LogP contribution in [0.15, 0.2) is 5.51 Å². The van der Waals surface area contributed by atoms with Crippen LogP contribution in [-0.2, 0) is 11.2 Å². The highest BCUT2D eigenvalue weighted by atomic mass is 32.1. The molecule has 2 fully saturated rings.